The van der Waals surface area contributed by atoms with E-state index in [-0.39, 0.29) is 12.1 Å². The van der Waals surface area contributed by atoms with Gasteiger partial charge in [0, 0.05) is 12.1 Å². The molecule has 1 aliphatic carbocycles. The van der Waals surface area contributed by atoms with Gasteiger partial charge in [0.15, 0.2) is 0 Å². The molecule has 112 valence electrons. The van der Waals surface area contributed by atoms with Crippen LogP contribution in [-0.4, -0.2) is 30.8 Å². The summed E-state index contributed by atoms with van der Waals surface area (Å²) in [5.41, 5.74) is 1.42. The standard InChI is InChI=1S/C14H20F3N3/c1-3-12(18-2)13-7-6-11(8-19-13)20(10-4-5-10)9-14(15,16)17/h6-8,10,12,18H,3-5,9H2,1-2H3. The Labute approximate surface area is 117 Å². The van der Waals surface area contributed by atoms with E-state index in [4.69, 9.17) is 0 Å². The molecule has 1 aromatic rings. The van der Waals surface area contributed by atoms with Crippen LogP contribution in [0.2, 0.25) is 0 Å². The minimum Gasteiger partial charge on any atom is -0.358 e. The second kappa shape index (κ2) is 5.99. The second-order valence-electron chi connectivity index (χ2n) is 5.17. The number of aromatic nitrogens is 1. The Hall–Kier alpha value is -1.30. The van der Waals surface area contributed by atoms with Crippen molar-refractivity contribution in [2.24, 2.45) is 0 Å². The van der Waals surface area contributed by atoms with Crippen molar-refractivity contribution >= 4 is 5.69 Å². The van der Waals surface area contributed by atoms with E-state index >= 15 is 0 Å². The summed E-state index contributed by atoms with van der Waals surface area (Å²) in [7, 11) is 1.85. The first-order chi connectivity index (χ1) is 9.44. The van der Waals surface area contributed by atoms with Gasteiger partial charge in [0.1, 0.15) is 6.54 Å². The zero-order valence-electron chi connectivity index (χ0n) is 11.7. The molecule has 20 heavy (non-hydrogen) atoms. The van der Waals surface area contributed by atoms with E-state index in [1.54, 1.807) is 12.3 Å². The number of nitrogens with one attached hydrogen (secondary N) is 1. The number of nitrogens with zero attached hydrogens (tertiary/aromatic N) is 2. The van der Waals surface area contributed by atoms with Gasteiger partial charge >= 0.3 is 6.18 Å². The molecule has 3 nitrogen and oxygen atoms in total. The minimum absolute atomic E-state index is 0.00977. The molecule has 0 aliphatic heterocycles. The third kappa shape index (κ3) is 3.85. The van der Waals surface area contributed by atoms with Crippen LogP contribution in [0.25, 0.3) is 0 Å². The monoisotopic (exact) mass is 287 g/mol. The number of hydrogen-bond acceptors (Lipinski definition) is 3. The number of rotatable bonds is 6. The van der Waals surface area contributed by atoms with Crippen molar-refractivity contribution < 1.29 is 13.2 Å². The molecule has 0 spiro atoms. The first-order valence-electron chi connectivity index (χ1n) is 6.91. The average Bonchev–Trinajstić information content (AvgIpc) is 3.22. The molecule has 1 aliphatic rings. The highest BCUT2D eigenvalue weighted by Crippen LogP contribution is 2.34. The molecule has 6 heteroatoms. The Bertz CT molecular complexity index is 422. The van der Waals surface area contributed by atoms with Gasteiger partial charge in [-0.05, 0) is 38.4 Å². The van der Waals surface area contributed by atoms with E-state index in [2.05, 4.69) is 10.3 Å². The number of hydrogen-bond donors (Lipinski definition) is 1. The van der Waals surface area contributed by atoms with Crippen molar-refractivity contribution in [2.45, 2.75) is 44.4 Å². The molecular weight excluding hydrogens is 267 g/mol. The average molecular weight is 287 g/mol. The Morgan fingerprint density at radius 2 is 2.10 bits per heavy atom. The normalized spacial score (nSPS) is 17.1. The molecular formula is C14H20F3N3. The van der Waals surface area contributed by atoms with Crippen molar-refractivity contribution in [2.75, 3.05) is 18.5 Å². The zero-order valence-corrected chi connectivity index (χ0v) is 11.7. The fourth-order valence-electron chi connectivity index (χ4n) is 2.35. The van der Waals surface area contributed by atoms with Gasteiger partial charge < -0.3 is 10.2 Å². The number of anilines is 1. The van der Waals surface area contributed by atoms with Gasteiger partial charge in [-0.1, -0.05) is 6.92 Å². The maximum absolute atomic E-state index is 12.6. The van der Waals surface area contributed by atoms with Crippen molar-refractivity contribution in [3.8, 4) is 0 Å². The molecule has 1 unspecified atom stereocenters. The highest BCUT2D eigenvalue weighted by atomic mass is 19.4. The molecule has 1 N–H and O–H groups in total. The van der Waals surface area contributed by atoms with Crippen LogP contribution < -0.4 is 10.2 Å². The van der Waals surface area contributed by atoms with E-state index in [1.807, 2.05) is 20.0 Å². The van der Waals surface area contributed by atoms with Crippen molar-refractivity contribution in [3.63, 3.8) is 0 Å². The Morgan fingerprint density at radius 1 is 1.40 bits per heavy atom. The van der Waals surface area contributed by atoms with Gasteiger partial charge in [0.25, 0.3) is 0 Å². The molecule has 0 radical (unpaired) electrons. The van der Waals surface area contributed by atoms with Crippen LogP contribution >= 0.6 is 0 Å². The SMILES string of the molecule is CCC(NC)c1ccc(N(CC(F)(F)F)C2CC2)cn1. The fourth-order valence-corrected chi connectivity index (χ4v) is 2.35. The minimum atomic E-state index is -4.18. The molecule has 1 heterocycles. The summed E-state index contributed by atoms with van der Waals surface area (Å²) in [6, 6.07) is 3.70. The number of pyridine rings is 1. The summed E-state index contributed by atoms with van der Waals surface area (Å²) >= 11 is 0. The molecule has 1 atom stereocenters. The van der Waals surface area contributed by atoms with E-state index < -0.39 is 12.7 Å². The molecule has 0 amide bonds. The van der Waals surface area contributed by atoms with Gasteiger partial charge in [-0.2, -0.15) is 13.2 Å². The summed E-state index contributed by atoms with van der Waals surface area (Å²) in [4.78, 5) is 5.72. The summed E-state index contributed by atoms with van der Waals surface area (Å²) < 4.78 is 37.9. The smallest absolute Gasteiger partial charge is 0.358 e. The van der Waals surface area contributed by atoms with Crippen LogP contribution in [0.3, 0.4) is 0 Å². The van der Waals surface area contributed by atoms with Crippen LogP contribution in [0, 0.1) is 0 Å². The lowest BCUT2D eigenvalue weighted by molar-refractivity contribution is -0.120. The number of alkyl halides is 3. The molecule has 0 bridgehead atoms. The Kier molecular flexibility index (Phi) is 4.52. The summed E-state index contributed by atoms with van der Waals surface area (Å²) in [5, 5.41) is 3.13. The quantitative estimate of drug-likeness (QED) is 0.870. The van der Waals surface area contributed by atoms with Crippen molar-refractivity contribution in [3.05, 3.63) is 24.0 Å². The molecule has 1 fully saturated rings. The zero-order chi connectivity index (χ0) is 14.8. The topological polar surface area (TPSA) is 28.2 Å². The molecule has 1 aromatic heterocycles. The largest absolute Gasteiger partial charge is 0.405 e. The van der Waals surface area contributed by atoms with Crippen molar-refractivity contribution in [1.29, 1.82) is 0 Å². The third-order valence-corrected chi connectivity index (χ3v) is 3.55. The van der Waals surface area contributed by atoms with Crippen LogP contribution in [0.1, 0.15) is 37.9 Å². The maximum atomic E-state index is 12.6. The van der Waals surface area contributed by atoms with Gasteiger partial charge in [-0.15, -0.1) is 0 Å². The van der Waals surface area contributed by atoms with Crippen LogP contribution in [0.4, 0.5) is 18.9 Å². The molecule has 0 aromatic carbocycles. The van der Waals surface area contributed by atoms with E-state index in [1.165, 1.54) is 4.90 Å². The summed E-state index contributed by atoms with van der Waals surface area (Å²) in [6.07, 6.45) is -0.0901. The number of halogens is 3. The first-order valence-corrected chi connectivity index (χ1v) is 6.91. The van der Waals surface area contributed by atoms with Crippen LogP contribution in [-0.2, 0) is 0 Å². The van der Waals surface area contributed by atoms with Crippen LogP contribution in [0.5, 0.6) is 0 Å². The summed E-state index contributed by atoms with van der Waals surface area (Å²) in [6.45, 7) is 1.14. The second-order valence-corrected chi connectivity index (χ2v) is 5.17. The first kappa shape index (κ1) is 15.1. The predicted molar refractivity (Wildman–Crippen MR) is 72.8 cm³/mol. The van der Waals surface area contributed by atoms with Gasteiger partial charge in [-0.3, -0.25) is 4.98 Å². The maximum Gasteiger partial charge on any atom is 0.405 e. The Balaban J connectivity index is 2.14. The van der Waals surface area contributed by atoms with Gasteiger partial charge in [0.2, 0.25) is 0 Å². The van der Waals surface area contributed by atoms with Crippen molar-refractivity contribution in [1.82, 2.24) is 10.3 Å². The Morgan fingerprint density at radius 3 is 2.50 bits per heavy atom. The molecule has 0 saturated heterocycles. The highest BCUT2D eigenvalue weighted by Gasteiger charge is 2.38. The lowest BCUT2D eigenvalue weighted by atomic mass is 10.1. The van der Waals surface area contributed by atoms with E-state index in [0.717, 1.165) is 25.0 Å². The molecule has 2 rings (SSSR count). The van der Waals surface area contributed by atoms with Gasteiger partial charge in [0.05, 0.1) is 17.6 Å². The predicted octanol–water partition coefficient (Wildman–Crippen LogP) is 3.28. The highest BCUT2D eigenvalue weighted by molar-refractivity contribution is 5.47. The van der Waals surface area contributed by atoms with Gasteiger partial charge in [-0.25, -0.2) is 0 Å². The third-order valence-electron chi connectivity index (χ3n) is 3.55. The fraction of sp³-hybridized carbons (Fsp3) is 0.643. The van der Waals surface area contributed by atoms with E-state index in [0.29, 0.717) is 5.69 Å². The summed E-state index contributed by atoms with van der Waals surface area (Å²) in [5.74, 6) is 0. The lowest BCUT2D eigenvalue weighted by Crippen LogP contribution is -2.36. The van der Waals surface area contributed by atoms with E-state index in [9.17, 15) is 13.2 Å². The van der Waals surface area contributed by atoms with Crippen LogP contribution in [0.15, 0.2) is 18.3 Å². The lowest BCUT2D eigenvalue weighted by Gasteiger charge is -2.26. The molecule has 1 saturated carbocycles.